The van der Waals surface area contributed by atoms with E-state index in [2.05, 4.69) is 10.6 Å². The predicted octanol–water partition coefficient (Wildman–Crippen LogP) is 7.12. The average molecular weight is 629 g/mol. The van der Waals surface area contributed by atoms with E-state index in [1.807, 2.05) is 20.8 Å². The van der Waals surface area contributed by atoms with Crippen molar-refractivity contribution >= 4 is 40.6 Å². The standard InChI is InChI=1S/C31H35Cl2F4N3O2/c1-29(2,3)15-24-31(20-8-7-18(32)14-22(20)38-28(31)42)25(19-5-4-6-21(33)26(19)34)27(39-24)23(41)13-17-9-11-40(12-10-17)16-30(35,36)37/h4-8,14,17,24-25,27,39H,9-13,15-16H2,1-3H3,(H,38,42)/t24-,25+,27+,31+/m1/s1. The third kappa shape index (κ3) is 5.94. The Kier molecular flexibility index (Phi) is 8.46. The lowest BCUT2D eigenvalue weighted by Crippen LogP contribution is -2.49. The molecule has 1 amide bonds. The number of ketones is 1. The van der Waals surface area contributed by atoms with Crippen molar-refractivity contribution in [2.24, 2.45) is 11.3 Å². The van der Waals surface area contributed by atoms with Crippen molar-refractivity contribution < 1.29 is 27.2 Å². The second-order valence-corrected chi connectivity index (χ2v) is 13.9. The van der Waals surface area contributed by atoms with E-state index in [1.165, 1.54) is 11.0 Å². The van der Waals surface area contributed by atoms with Crippen molar-refractivity contribution in [3.8, 4) is 0 Å². The predicted molar refractivity (Wildman–Crippen MR) is 156 cm³/mol. The lowest BCUT2D eigenvalue weighted by molar-refractivity contribution is -0.149. The quantitative estimate of drug-likeness (QED) is 0.335. The van der Waals surface area contributed by atoms with E-state index in [9.17, 15) is 22.8 Å². The molecule has 0 bridgehead atoms. The summed E-state index contributed by atoms with van der Waals surface area (Å²) in [5.41, 5.74) is -0.275. The first-order valence-corrected chi connectivity index (χ1v) is 15.0. The van der Waals surface area contributed by atoms with E-state index < -0.39 is 42.0 Å². The number of fused-ring (bicyclic) bond motifs is 2. The molecule has 2 aromatic rings. The zero-order valence-electron chi connectivity index (χ0n) is 23.8. The van der Waals surface area contributed by atoms with Gasteiger partial charge in [0.2, 0.25) is 5.91 Å². The zero-order chi connectivity index (χ0) is 30.6. The SMILES string of the molecule is CC(C)(C)C[C@H]1N[C@@H](C(=O)CC2CCN(CC(F)(F)F)CC2)[C@H](c2cccc(Cl)c2F)[C@@]12C(=O)Nc1cc(Cl)ccc12. The second kappa shape index (κ2) is 11.4. The van der Waals surface area contributed by atoms with E-state index >= 15 is 4.39 Å². The van der Waals surface area contributed by atoms with Gasteiger partial charge in [0.25, 0.3) is 0 Å². The molecule has 4 atom stereocenters. The Morgan fingerprint density at radius 2 is 1.79 bits per heavy atom. The number of Topliss-reactive ketones (excluding diaryl/α,β-unsaturated/α-hetero) is 1. The van der Waals surface area contributed by atoms with Crippen molar-refractivity contribution in [3.63, 3.8) is 0 Å². The molecule has 42 heavy (non-hydrogen) atoms. The van der Waals surface area contributed by atoms with Gasteiger partial charge in [-0.2, -0.15) is 13.2 Å². The van der Waals surface area contributed by atoms with Gasteiger partial charge in [-0.05, 0) is 73.0 Å². The van der Waals surface area contributed by atoms with E-state index in [1.54, 1.807) is 30.3 Å². The molecule has 2 fully saturated rings. The van der Waals surface area contributed by atoms with Gasteiger partial charge in [0.15, 0.2) is 5.78 Å². The van der Waals surface area contributed by atoms with Crippen LogP contribution in [0.4, 0.5) is 23.2 Å². The van der Waals surface area contributed by atoms with Crippen LogP contribution in [0.2, 0.25) is 10.0 Å². The fourth-order valence-electron chi connectivity index (χ4n) is 7.22. The summed E-state index contributed by atoms with van der Waals surface area (Å²) in [7, 11) is 0. The maximum atomic E-state index is 15.9. The zero-order valence-corrected chi connectivity index (χ0v) is 25.3. The summed E-state index contributed by atoms with van der Waals surface area (Å²) in [6.45, 7) is 5.64. The molecule has 2 N–H and O–H groups in total. The van der Waals surface area contributed by atoms with Gasteiger partial charge in [-0.1, -0.05) is 62.2 Å². The molecule has 2 aromatic carbocycles. The number of amides is 1. The summed E-state index contributed by atoms with van der Waals surface area (Å²) in [4.78, 5) is 29.7. The number of likely N-dealkylation sites (tertiary alicyclic amines) is 1. The van der Waals surface area contributed by atoms with Gasteiger partial charge in [0, 0.05) is 29.1 Å². The molecule has 3 aliphatic rings. The van der Waals surface area contributed by atoms with Gasteiger partial charge >= 0.3 is 6.18 Å². The number of nitrogens with zero attached hydrogens (tertiary/aromatic N) is 1. The maximum absolute atomic E-state index is 15.9. The van der Waals surface area contributed by atoms with Gasteiger partial charge in [-0.25, -0.2) is 4.39 Å². The van der Waals surface area contributed by atoms with Crippen molar-refractivity contribution in [2.45, 2.75) is 76.0 Å². The topological polar surface area (TPSA) is 61.4 Å². The Morgan fingerprint density at radius 3 is 2.43 bits per heavy atom. The van der Waals surface area contributed by atoms with E-state index in [0.29, 0.717) is 35.5 Å². The molecule has 228 valence electrons. The first kappa shape index (κ1) is 31.2. The highest BCUT2D eigenvalue weighted by atomic mass is 35.5. The van der Waals surface area contributed by atoms with Crippen LogP contribution in [0.5, 0.6) is 0 Å². The van der Waals surface area contributed by atoms with Crippen LogP contribution in [-0.2, 0) is 15.0 Å². The lowest BCUT2D eigenvalue weighted by Gasteiger charge is -2.38. The van der Waals surface area contributed by atoms with Gasteiger partial charge < -0.3 is 10.6 Å². The molecule has 5 rings (SSSR count). The van der Waals surface area contributed by atoms with Crippen LogP contribution in [0, 0.1) is 17.2 Å². The Hall–Kier alpha value is -2.20. The number of nitrogens with one attached hydrogen (secondary N) is 2. The lowest BCUT2D eigenvalue weighted by atomic mass is 9.62. The first-order valence-electron chi connectivity index (χ1n) is 14.2. The highest BCUT2D eigenvalue weighted by Gasteiger charge is 2.66. The minimum absolute atomic E-state index is 0.111. The fourth-order valence-corrected chi connectivity index (χ4v) is 7.57. The molecule has 0 radical (unpaired) electrons. The van der Waals surface area contributed by atoms with Crippen molar-refractivity contribution in [1.82, 2.24) is 10.2 Å². The van der Waals surface area contributed by atoms with Crippen LogP contribution in [0.1, 0.15) is 63.5 Å². The monoisotopic (exact) mass is 627 g/mol. The third-order valence-corrected chi connectivity index (χ3v) is 9.41. The number of hydrogen-bond donors (Lipinski definition) is 2. The third-order valence-electron chi connectivity index (χ3n) is 8.89. The van der Waals surface area contributed by atoms with Crippen LogP contribution >= 0.6 is 23.2 Å². The Balaban J connectivity index is 1.55. The van der Waals surface area contributed by atoms with E-state index in [-0.39, 0.29) is 53.1 Å². The normalized spacial score (nSPS) is 27.0. The van der Waals surface area contributed by atoms with Gasteiger partial charge in [-0.3, -0.25) is 14.5 Å². The second-order valence-electron chi connectivity index (χ2n) is 13.1. The molecular weight excluding hydrogens is 593 g/mol. The molecule has 0 unspecified atom stereocenters. The number of anilines is 1. The fraction of sp³-hybridized carbons (Fsp3) is 0.548. The van der Waals surface area contributed by atoms with Crippen molar-refractivity contribution in [3.05, 3.63) is 63.4 Å². The Bertz CT molecular complexity index is 1370. The molecule has 1 spiro atoms. The first-order chi connectivity index (χ1) is 19.6. The van der Waals surface area contributed by atoms with Crippen LogP contribution in [0.3, 0.4) is 0 Å². The summed E-state index contributed by atoms with van der Waals surface area (Å²) in [6, 6.07) is 8.27. The van der Waals surface area contributed by atoms with Crippen LogP contribution in [0.15, 0.2) is 36.4 Å². The summed E-state index contributed by atoms with van der Waals surface area (Å²) in [5, 5.41) is 6.75. The number of hydrogen-bond acceptors (Lipinski definition) is 4. The maximum Gasteiger partial charge on any atom is 0.401 e. The average Bonchev–Trinajstić information content (AvgIpc) is 3.35. The van der Waals surface area contributed by atoms with Crippen LogP contribution in [-0.4, -0.2) is 54.5 Å². The smallest absolute Gasteiger partial charge is 0.325 e. The molecule has 0 aliphatic carbocycles. The molecule has 11 heteroatoms. The largest absolute Gasteiger partial charge is 0.401 e. The van der Waals surface area contributed by atoms with Gasteiger partial charge in [0.05, 0.1) is 17.6 Å². The Morgan fingerprint density at radius 1 is 1.10 bits per heavy atom. The molecule has 2 saturated heterocycles. The number of halogens is 6. The summed E-state index contributed by atoms with van der Waals surface area (Å²) < 4.78 is 54.5. The van der Waals surface area contributed by atoms with Crippen molar-refractivity contribution in [1.29, 1.82) is 0 Å². The van der Waals surface area contributed by atoms with Crippen LogP contribution in [0.25, 0.3) is 0 Å². The van der Waals surface area contributed by atoms with E-state index in [4.69, 9.17) is 23.2 Å². The van der Waals surface area contributed by atoms with Crippen molar-refractivity contribution in [2.75, 3.05) is 25.0 Å². The highest BCUT2D eigenvalue weighted by Crippen LogP contribution is 2.57. The highest BCUT2D eigenvalue weighted by molar-refractivity contribution is 6.31. The number of carbonyl (C=O) groups excluding carboxylic acids is 2. The number of carbonyl (C=O) groups is 2. The molecule has 3 aliphatic heterocycles. The van der Waals surface area contributed by atoms with Gasteiger partial charge in [-0.15, -0.1) is 0 Å². The summed E-state index contributed by atoms with van der Waals surface area (Å²) in [5.74, 6) is -2.27. The molecule has 3 heterocycles. The van der Waals surface area contributed by atoms with E-state index in [0.717, 1.165) is 0 Å². The summed E-state index contributed by atoms with van der Waals surface area (Å²) in [6.07, 6.45) is -2.76. The minimum Gasteiger partial charge on any atom is -0.325 e. The Labute approximate surface area is 253 Å². The number of alkyl halides is 3. The number of benzene rings is 2. The molecule has 0 aromatic heterocycles. The number of piperidine rings is 1. The molecular formula is C31H35Cl2F4N3O2. The summed E-state index contributed by atoms with van der Waals surface area (Å²) >= 11 is 12.5. The van der Waals surface area contributed by atoms with Gasteiger partial charge in [0.1, 0.15) is 11.2 Å². The molecule has 0 saturated carbocycles. The number of rotatable bonds is 6. The minimum atomic E-state index is -4.27. The van der Waals surface area contributed by atoms with Crippen LogP contribution < -0.4 is 10.6 Å². The molecule has 5 nitrogen and oxygen atoms in total.